The Bertz CT molecular complexity index is 870. The normalized spacial score (nSPS) is 15.5. The molecule has 6 nitrogen and oxygen atoms in total. The first-order valence-corrected chi connectivity index (χ1v) is 8.40. The summed E-state index contributed by atoms with van der Waals surface area (Å²) in [5, 5.41) is 0.950. The molecule has 0 saturated heterocycles. The van der Waals surface area contributed by atoms with E-state index >= 15 is 0 Å². The van der Waals surface area contributed by atoms with Crippen molar-refractivity contribution in [1.29, 1.82) is 0 Å². The maximum absolute atomic E-state index is 12.1. The van der Waals surface area contributed by atoms with Gasteiger partial charge in [0.15, 0.2) is 11.5 Å². The van der Waals surface area contributed by atoms with Crippen LogP contribution < -0.4 is 20.3 Å². The Morgan fingerprint density at radius 3 is 2.65 bits per heavy atom. The van der Waals surface area contributed by atoms with E-state index in [1.807, 2.05) is 0 Å². The zero-order chi connectivity index (χ0) is 18.5. The van der Waals surface area contributed by atoms with Gasteiger partial charge in [0.25, 0.3) is 11.8 Å². The minimum Gasteiger partial charge on any atom is -0.485 e. The summed E-state index contributed by atoms with van der Waals surface area (Å²) in [6, 6.07) is 11.9. The van der Waals surface area contributed by atoms with Gasteiger partial charge in [-0.2, -0.15) is 0 Å². The number of rotatable bonds is 3. The lowest BCUT2D eigenvalue weighted by molar-refractivity contribution is -0.134. The van der Waals surface area contributed by atoms with E-state index in [-0.39, 0.29) is 6.61 Å². The average molecular weight is 393 g/mol. The van der Waals surface area contributed by atoms with E-state index in [1.54, 1.807) is 42.5 Å². The summed E-state index contributed by atoms with van der Waals surface area (Å²) >= 11 is 11.9. The highest BCUT2D eigenvalue weighted by molar-refractivity contribution is 6.34. The summed E-state index contributed by atoms with van der Waals surface area (Å²) in [6.45, 7) is 0.0483. The van der Waals surface area contributed by atoms with Gasteiger partial charge >= 0.3 is 0 Å². The standard InChI is InChI=1S/C18H14Cl2N2O4/c19-12-6-7-13(20)11(9-12)5-8-17(23)21-22-18(24)16-10-25-14-3-1-2-4-15(14)26-16/h1-9,16H,10H2,(H,21,23)(H,22,24)/b8-5+. The Balaban J connectivity index is 1.52. The monoisotopic (exact) mass is 392 g/mol. The minimum absolute atomic E-state index is 0.0483. The quantitative estimate of drug-likeness (QED) is 0.621. The Kier molecular flexibility index (Phi) is 5.65. The first-order valence-electron chi connectivity index (χ1n) is 7.64. The Hall–Kier alpha value is -2.70. The molecule has 1 heterocycles. The van der Waals surface area contributed by atoms with Crippen LogP contribution in [-0.2, 0) is 9.59 Å². The molecular weight excluding hydrogens is 379 g/mol. The van der Waals surface area contributed by atoms with Crippen LogP contribution >= 0.6 is 23.2 Å². The van der Waals surface area contributed by atoms with Crippen LogP contribution in [0.2, 0.25) is 10.0 Å². The molecule has 1 aliphatic rings. The van der Waals surface area contributed by atoms with Gasteiger partial charge in [0.05, 0.1) is 0 Å². The van der Waals surface area contributed by atoms with Crippen molar-refractivity contribution in [2.45, 2.75) is 6.10 Å². The van der Waals surface area contributed by atoms with Crippen LogP contribution in [0.5, 0.6) is 11.5 Å². The van der Waals surface area contributed by atoms with Crippen molar-refractivity contribution in [3.8, 4) is 11.5 Å². The summed E-state index contributed by atoms with van der Waals surface area (Å²) < 4.78 is 11.0. The van der Waals surface area contributed by atoms with Crippen molar-refractivity contribution >= 4 is 41.1 Å². The van der Waals surface area contributed by atoms with E-state index in [0.29, 0.717) is 27.1 Å². The minimum atomic E-state index is -0.864. The summed E-state index contributed by atoms with van der Waals surface area (Å²) in [7, 11) is 0. The number of carbonyl (C=O) groups is 2. The third-order valence-corrected chi connectivity index (χ3v) is 4.06. The third kappa shape index (κ3) is 4.47. The highest BCUT2D eigenvalue weighted by Crippen LogP contribution is 2.30. The van der Waals surface area contributed by atoms with E-state index in [4.69, 9.17) is 32.7 Å². The van der Waals surface area contributed by atoms with Crippen LogP contribution in [0.4, 0.5) is 0 Å². The SMILES string of the molecule is O=C(/C=C/c1cc(Cl)ccc1Cl)NNC(=O)C1COc2ccccc2O1. The smallest absolute Gasteiger partial charge is 0.283 e. The average Bonchev–Trinajstić information content (AvgIpc) is 2.66. The van der Waals surface area contributed by atoms with Crippen molar-refractivity contribution in [2.24, 2.45) is 0 Å². The van der Waals surface area contributed by atoms with Gasteiger partial charge in [-0.05, 0) is 42.0 Å². The number of halogens is 2. The van der Waals surface area contributed by atoms with Crippen LogP contribution in [-0.4, -0.2) is 24.5 Å². The second-order valence-corrected chi connectivity index (χ2v) is 6.19. The lowest BCUT2D eigenvalue weighted by Gasteiger charge is -2.25. The molecule has 0 aliphatic carbocycles. The molecule has 26 heavy (non-hydrogen) atoms. The van der Waals surface area contributed by atoms with Gasteiger partial charge < -0.3 is 9.47 Å². The van der Waals surface area contributed by atoms with E-state index < -0.39 is 17.9 Å². The summed E-state index contributed by atoms with van der Waals surface area (Å²) in [4.78, 5) is 23.9. The second kappa shape index (κ2) is 8.12. The fourth-order valence-electron chi connectivity index (χ4n) is 2.20. The highest BCUT2D eigenvalue weighted by Gasteiger charge is 2.27. The number of hydrogen-bond donors (Lipinski definition) is 2. The molecule has 2 aromatic rings. The number of amides is 2. The first-order chi connectivity index (χ1) is 12.5. The van der Waals surface area contributed by atoms with Crippen molar-refractivity contribution in [3.05, 3.63) is 64.1 Å². The van der Waals surface area contributed by atoms with E-state index in [2.05, 4.69) is 10.9 Å². The van der Waals surface area contributed by atoms with E-state index in [1.165, 1.54) is 12.2 Å². The van der Waals surface area contributed by atoms with Crippen molar-refractivity contribution < 1.29 is 19.1 Å². The molecule has 0 radical (unpaired) electrons. The van der Waals surface area contributed by atoms with Crippen molar-refractivity contribution in [1.82, 2.24) is 10.9 Å². The zero-order valence-corrected chi connectivity index (χ0v) is 14.9. The molecule has 1 unspecified atom stereocenters. The number of hydrogen-bond acceptors (Lipinski definition) is 4. The topological polar surface area (TPSA) is 76.7 Å². The van der Waals surface area contributed by atoms with E-state index in [0.717, 1.165) is 0 Å². The number of ether oxygens (including phenoxy) is 2. The molecule has 134 valence electrons. The van der Waals surface area contributed by atoms with Crippen LogP contribution in [0.3, 0.4) is 0 Å². The molecule has 0 spiro atoms. The molecule has 0 saturated carbocycles. The van der Waals surface area contributed by atoms with Crippen LogP contribution in [0, 0.1) is 0 Å². The molecular formula is C18H14Cl2N2O4. The summed E-state index contributed by atoms with van der Waals surface area (Å²) in [5.74, 6) is -0.0174. The lowest BCUT2D eigenvalue weighted by atomic mass is 10.2. The number of fused-ring (bicyclic) bond motifs is 1. The Morgan fingerprint density at radius 1 is 1.08 bits per heavy atom. The second-order valence-electron chi connectivity index (χ2n) is 5.34. The van der Waals surface area contributed by atoms with Gasteiger partial charge in [0.1, 0.15) is 6.61 Å². The van der Waals surface area contributed by atoms with Crippen molar-refractivity contribution in [3.63, 3.8) is 0 Å². The molecule has 2 N–H and O–H groups in total. The number of hydrazine groups is 1. The number of nitrogens with one attached hydrogen (secondary N) is 2. The largest absolute Gasteiger partial charge is 0.485 e. The van der Waals surface area contributed by atoms with Gasteiger partial charge in [0.2, 0.25) is 6.10 Å². The van der Waals surface area contributed by atoms with Crippen molar-refractivity contribution in [2.75, 3.05) is 6.61 Å². The van der Waals surface area contributed by atoms with E-state index in [9.17, 15) is 9.59 Å². The molecule has 0 aromatic heterocycles. The number of carbonyl (C=O) groups excluding carboxylic acids is 2. The molecule has 3 rings (SSSR count). The van der Waals surface area contributed by atoms with Gasteiger partial charge in [-0.25, -0.2) is 0 Å². The highest BCUT2D eigenvalue weighted by atomic mass is 35.5. The van der Waals surface area contributed by atoms with Gasteiger partial charge in [-0.1, -0.05) is 35.3 Å². The number of para-hydroxylation sites is 2. The molecule has 8 heteroatoms. The molecule has 1 atom stereocenters. The molecule has 2 amide bonds. The zero-order valence-electron chi connectivity index (χ0n) is 13.4. The molecule has 0 bridgehead atoms. The van der Waals surface area contributed by atoms with Crippen LogP contribution in [0.25, 0.3) is 6.08 Å². The van der Waals surface area contributed by atoms with Gasteiger partial charge in [0, 0.05) is 16.1 Å². The fraction of sp³-hybridized carbons (Fsp3) is 0.111. The summed E-state index contributed by atoms with van der Waals surface area (Å²) in [6.07, 6.45) is 1.86. The molecule has 2 aromatic carbocycles. The van der Waals surface area contributed by atoms with Crippen LogP contribution in [0.15, 0.2) is 48.5 Å². The van der Waals surface area contributed by atoms with Crippen LogP contribution in [0.1, 0.15) is 5.56 Å². The van der Waals surface area contributed by atoms with Gasteiger partial charge in [-0.15, -0.1) is 0 Å². The Morgan fingerprint density at radius 2 is 1.85 bits per heavy atom. The fourth-order valence-corrected chi connectivity index (χ4v) is 2.56. The maximum Gasteiger partial charge on any atom is 0.283 e. The molecule has 0 fully saturated rings. The third-order valence-electron chi connectivity index (χ3n) is 3.48. The maximum atomic E-state index is 12.1. The first kappa shape index (κ1) is 18.1. The number of benzene rings is 2. The Labute approximate surface area is 159 Å². The summed E-state index contributed by atoms with van der Waals surface area (Å²) in [5.41, 5.74) is 5.15. The van der Waals surface area contributed by atoms with Gasteiger partial charge in [-0.3, -0.25) is 20.4 Å². The predicted molar refractivity (Wildman–Crippen MR) is 98.1 cm³/mol. The lowest BCUT2D eigenvalue weighted by Crippen LogP contribution is -2.50. The predicted octanol–water partition coefficient (Wildman–Crippen LogP) is 2.99. The molecule has 1 aliphatic heterocycles.